The molecule has 1 heterocycles. The molecule has 30 heavy (non-hydrogen) atoms. The molecule has 0 saturated heterocycles. The molecule has 0 bridgehead atoms. The summed E-state index contributed by atoms with van der Waals surface area (Å²) in [6.45, 7) is 0.338. The van der Waals surface area contributed by atoms with Crippen molar-refractivity contribution in [3.05, 3.63) is 88.6 Å². The first-order valence-electron chi connectivity index (χ1n) is 8.88. The summed E-state index contributed by atoms with van der Waals surface area (Å²) < 4.78 is 38.1. The van der Waals surface area contributed by atoms with Crippen molar-refractivity contribution in [3.63, 3.8) is 0 Å². The number of aromatic nitrogens is 1. The zero-order valence-electron chi connectivity index (χ0n) is 16.0. The van der Waals surface area contributed by atoms with Crippen LogP contribution in [-0.2, 0) is 27.9 Å². The lowest BCUT2D eigenvalue weighted by Gasteiger charge is -2.11. The molecule has 0 saturated carbocycles. The van der Waals surface area contributed by atoms with Gasteiger partial charge >= 0.3 is 5.97 Å². The molecule has 1 N–H and O–H groups in total. The Labute approximate surface area is 179 Å². The molecule has 2 aromatic carbocycles. The summed E-state index contributed by atoms with van der Waals surface area (Å²) in [6, 6.07) is 16.8. The van der Waals surface area contributed by atoms with Gasteiger partial charge in [0.25, 0.3) is 0 Å². The van der Waals surface area contributed by atoms with Crippen molar-refractivity contribution in [2.45, 2.75) is 18.0 Å². The van der Waals surface area contributed by atoms with Gasteiger partial charge in [-0.3, -0.25) is 0 Å². The van der Waals surface area contributed by atoms with E-state index < -0.39 is 16.0 Å². The standard InChI is InChI=1S/C21H19ClN2O5S/c1-28-21(25)17-7-8-18(22)19(12-17)30(26,27)24-13-16-9-10-23-20(11-16)29-14-15-5-3-2-4-6-15/h2-12,24H,13-14H2,1H3. The molecule has 0 aliphatic carbocycles. The second kappa shape index (κ2) is 9.71. The lowest BCUT2D eigenvalue weighted by molar-refractivity contribution is 0.0600. The highest BCUT2D eigenvalue weighted by molar-refractivity contribution is 7.89. The number of methoxy groups -OCH3 is 1. The van der Waals surface area contributed by atoms with Crippen LogP contribution in [0, 0.1) is 0 Å². The highest BCUT2D eigenvalue weighted by atomic mass is 35.5. The predicted molar refractivity (Wildman–Crippen MR) is 112 cm³/mol. The molecule has 9 heteroatoms. The average molecular weight is 447 g/mol. The number of carbonyl (C=O) groups excluding carboxylic acids is 1. The fourth-order valence-corrected chi connectivity index (χ4v) is 4.12. The van der Waals surface area contributed by atoms with Gasteiger partial charge in [-0.05, 0) is 35.4 Å². The second-order valence-electron chi connectivity index (χ2n) is 6.24. The molecule has 156 valence electrons. The minimum Gasteiger partial charge on any atom is -0.473 e. The third-order valence-corrected chi connectivity index (χ3v) is 6.02. The normalized spacial score (nSPS) is 11.1. The van der Waals surface area contributed by atoms with Crippen LogP contribution in [0.2, 0.25) is 5.02 Å². The van der Waals surface area contributed by atoms with Gasteiger partial charge < -0.3 is 9.47 Å². The third-order valence-electron chi connectivity index (χ3n) is 4.14. The highest BCUT2D eigenvalue weighted by Gasteiger charge is 2.20. The maximum absolute atomic E-state index is 12.7. The van der Waals surface area contributed by atoms with Crippen LogP contribution < -0.4 is 9.46 Å². The molecule has 0 aliphatic rings. The molecular weight excluding hydrogens is 428 g/mol. The van der Waals surface area contributed by atoms with E-state index in [1.54, 1.807) is 12.1 Å². The van der Waals surface area contributed by atoms with E-state index in [0.717, 1.165) is 5.56 Å². The van der Waals surface area contributed by atoms with Crippen molar-refractivity contribution in [3.8, 4) is 5.88 Å². The van der Waals surface area contributed by atoms with Gasteiger partial charge in [-0.15, -0.1) is 0 Å². The molecule has 3 aromatic rings. The first-order valence-corrected chi connectivity index (χ1v) is 10.7. The average Bonchev–Trinajstić information content (AvgIpc) is 2.77. The van der Waals surface area contributed by atoms with Crippen molar-refractivity contribution in [1.82, 2.24) is 9.71 Å². The number of hydrogen-bond acceptors (Lipinski definition) is 6. The third kappa shape index (κ3) is 5.56. The van der Waals surface area contributed by atoms with Crippen LogP contribution in [0.25, 0.3) is 0 Å². The Morgan fingerprint density at radius 2 is 1.83 bits per heavy atom. The zero-order valence-corrected chi connectivity index (χ0v) is 17.6. The maximum atomic E-state index is 12.7. The molecule has 0 fully saturated rings. The number of sulfonamides is 1. The number of ether oxygens (including phenoxy) is 2. The van der Waals surface area contributed by atoms with Crippen LogP contribution in [0.3, 0.4) is 0 Å². The molecule has 0 spiro atoms. The van der Waals surface area contributed by atoms with Crippen LogP contribution in [0.4, 0.5) is 0 Å². The number of carbonyl (C=O) groups is 1. The Hall–Kier alpha value is -2.94. The van der Waals surface area contributed by atoms with Gasteiger partial charge in [-0.1, -0.05) is 41.9 Å². The molecular formula is C21H19ClN2O5S. The van der Waals surface area contributed by atoms with Crippen LogP contribution in [0.15, 0.2) is 71.8 Å². The van der Waals surface area contributed by atoms with Gasteiger partial charge in [0, 0.05) is 18.8 Å². The van der Waals surface area contributed by atoms with Gasteiger partial charge in [-0.25, -0.2) is 22.9 Å². The molecule has 1 aromatic heterocycles. The first kappa shape index (κ1) is 21.8. The van der Waals surface area contributed by atoms with Crippen molar-refractivity contribution in [2.75, 3.05) is 7.11 Å². The Balaban J connectivity index is 1.69. The van der Waals surface area contributed by atoms with Crippen LogP contribution in [0.1, 0.15) is 21.5 Å². The molecule has 0 atom stereocenters. The van der Waals surface area contributed by atoms with Crippen LogP contribution in [-0.4, -0.2) is 26.5 Å². The van der Waals surface area contributed by atoms with Crippen LogP contribution >= 0.6 is 11.6 Å². The Kier molecular flexibility index (Phi) is 7.04. The largest absolute Gasteiger partial charge is 0.473 e. The fourth-order valence-electron chi connectivity index (χ4n) is 2.58. The predicted octanol–water partition coefficient (Wildman–Crippen LogP) is 3.58. The number of hydrogen-bond donors (Lipinski definition) is 1. The quantitative estimate of drug-likeness (QED) is 0.531. The van der Waals surface area contributed by atoms with Gasteiger partial charge in [-0.2, -0.15) is 0 Å². The lowest BCUT2D eigenvalue weighted by Crippen LogP contribution is -2.24. The SMILES string of the molecule is COC(=O)c1ccc(Cl)c(S(=O)(=O)NCc2ccnc(OCc3ccccc3)c2)c1. The topological polar surface area (TPSA) is 94.6 Å². The Morgan fingerprint density at radius 3 is 2.57 bits per heavy atom. The summed E-state index contributed by atoms with van der Waals surface area (Å²) in [5.74, 6) is -0.279. The summed E-state index contributed by atoms with van der Waals surface area (Å²) >= 11 is 6.03. The van der Waals surface area contributed by atoms with Gasteiger partial charge in [0.05, 0.1) is 17.7 Å². The van der Waals surface area contributed by atoms with Gasteiger partial charge in [0.15, 0.2) is 0 Å². The van der Waals surface area contributed by atoms with E-state index in [-0.39, 0.29) is 22.0 Å². The van der Waals surface area contributed by atoms with E-state index in [2.05, 4.69) is 14.4 Å². The number of esters is 1. The van der Waals surface area contributed by atoms with Crippen molar-refractivity contribution in [1.29, 1.82) is 0 Å². The number of nitrogens with one attached hydrogen (secondary N) is 1. The molecule has 0 radical (unpaired) electrons. The summed E-state index contributed by atoms with van der Waals surface area (Å²) in [4.78, 5) is 15.6. The maximum Gasteiger partial charge on any atom is 0.337 e. The van der Waals surface area contributed by atoms with E-state index in [4.69, 9.17) is 16.3 Å². The second-order valence-corrected chi connectivity index (χ2v) is 8.38. The number of halogens is 1. The fraction of sp³-hybridized carbons (Fsp3) is 0.143. The van der Waals surface area contributed by atoms with E-state index >= 15 is 0 Å². The lowest BCUT2D eigenvalue weighted by atomic mass is 10.2. The molecule has 0 aliphatic heterocycles. The van der Waals surface area contributed by atoms with Crippen molar-refractivity contribution >= 4 is 27.6 Å². The number of pyridine rings is 1. The molecule has 7 nitrogen and oxygen atoms in total. The van der Waals surface area contributed by atoms with Gasteiger partial charge in [0.1, 0.15) is 11.5 Å². The summed E-state index contributed by atoms with van der Waals surface area (Å²) in [5, 5.41) is -0.00300. The van der Waals surface area contributed by atoms with Gasteiger partial charge in [0.2, 0.25) is 15.9 Å². The number of benzene rings is 2. The summed E-state index contributed by atoms with van der Waals surface area (Å²) in [5.41, 5.74) is 1.73. The zero-order chi connectivity index (χ0) is 21.6. The summed E-state index contributed by atoms with van der Waals surface area (Å²) in [6.07, 6.45) is 1.54. The van der Waals surface area contributed by atoms with Crippen molar-refractivity contribution in [2.24, 2.45) is 0 Å². The van der Waals surface area contributed by atoms with E-state index in [1.165, 1.54) is 31.5 Å². The number of nitrogens with zero attached hydrogens (tertiary/aromatic N) is 1. The van der Waals surface area contributed by atoms with Crippen molar-refractivity contribution < 1.29 is 22.7 Å². The summed E-state index contributed by atoms with van der Waals surface area (Å²) in [7, 11) is -2.76. The highest BCUT2D eigenvalue weighted by Crippen LogP contribution is 2.23. The molecule has 3 rings (SSSR count). The minimum absolute atomic E-state index is 0.00300. The minimum atomic E-state index is -3.97. The van der Waals surface area contributed by atoms with E-state index in [1.807, 2.05) is 30.3 Å². The van der Waals surface area contributed by atoms with Crippen LogP contribution in [0.5, 0.6) is 5.88 Å². The van der Waals surface area contributed by atoms with E-state index in [9.17, 15) is 13.2 Å². The molecule has 0 amide bonds. The van der Waals surface area contributed by atoms with E-state index in [0.29, 0.717) is 18.1 Å². The first-order chi connectivity index (χ1) is 14.4. The Bertz CT molecular complexity index is 1140. The smallest absolute Gasteiger partial charge is 0.337 e. The number of rotatable bonds is 8. The Morgan fingerprint density at radius 1 is 1.07 bits per heavy atom. The molecule has 0 unspecified atom stereocenters. The monoisotopic (exact) mass is 446 g/mol.